The molecule has 1 aliphatic rings. The van der Waals surface area contributed by atoms with Gasteiger partial charge in [0.25, 0.3) is 10.0 Å². The Morgan fingerprint density at radius 3 is 2.67 bits per heavy atom. The van der Waals surface area contributed by atoms with E-state index in [-0.39, 0.29) is 23.7 Å². The van der Waals surface area contributed by atoms with E-state index in [0.717, 1.165) is 34.7 Å². The smallest absolute Gasteiger partial charge is 0.283 e. The van der Waals surface area contributed by atoms with Crippen LogP contribution in [0.5, 0.6) is 0 Å². The van der Waals surface area contributed by atoms with Crippen LogP contribution in [0.3, 0.4) is 0 Å². The van der Waals surface area contributed by atoms with Gasteiger partial charge in [0, 0.05) is 32.0 Å². The number of rotatable bonds is 7. The van der Waals surface area contributed by atoms with Crippen molar-refractivity contribution in [1.29, 1.82) is 0 Å². The molecule has 1 fully saturated rings. The number of alkyl halides is 2. The zero-order valence-electron chi connectivity index (χ0n) is 17.0. The van der Waals surface area contributed by atoms with Crippen LogP contribution in [0.25, 0.3) is 11.0 Å². The summed E-state index contributed by atoms with van der Waals surface area (Å²) in [5.41, 5.74) is 1.45. The SMILES string of the molecule is CCCCc1nc2cc(S(=O)(=O)n3cccn3)ccc2n1CC1CCC(F)(F)CC1. The van der Waals surface area contributed by atoms with Gasteiger partial charge in [-0.15, -0.1) is 0 Å². The minimum absolute atomic E-state index is 0.0686. The first kappa shape index (κ1) is 21.0. The van der Waals surface area contributed by atoms with Crippen LogP contribution in [0.15, 0.2) is 41.6 Å². The van der Waals surface area contributed by atoms with E-state index in [4.69, 9.17) is 4.98 Å². The standard InChI is InChI=1S/C21H26F2N4O2S/c1-2-3-5-20-25-18-14-17(30(28,29)27-13-4-12-24-27)6-7-19(18)26(20)15-16-8-10-21(22,23)11-9-16/h4,6-7,12-14,16H,2-3,5,8-11,15H2,1H3. The number of aryl methyl sites for hydroxylation is 1. The van der Waals surface area contributed by atoms with Crippen molar-refractivity contribution in [3.05, 3.63) is 42.5 Å². The molecule has 3 aromatic rings. The summed E-state index contributed by atoms with van der Waals surface area (Å²) in [6.07, 6.45) is 6.40. The predicted molar refractivity (Wildman–Crippen MR) is 110 cm³/mol. The lowest BCUT2D eigenvalue weighted by Crippen LogP contribution is -2.27. The highest BCUT2D eigenvalue weighted by molar-refractivity contribution is 7.89. The van der Waals surface area contributed by atoms with Crippen LogP contribution >= 0.6 is 0 Å². The van der Waals surface area contributed by atoms with Crippen LogP contribution in [0, 0.1) is 5.92 Å². The molecule has 2 aromatic heterocycles. The average molecular weight is 437 g/mol. The largest absolute Gasteiger partial charge is 0.328 e. The number of aromatic nitrogens is 4. The summed E-state index contributed by atoms with van der Waals surface area (Å²) >= 11 is 0. The zero-order valence-corrected chi connectivity index (χ0v) is 17.8. The predicted octanol–water partition coefficient (Wildman–Crippen LogP) is 4.64. The summed E-state index contributed by atoms with van der Waals surface area (Å²) in [5.74, 6) is -1.48. The maximum absolute atomic E-state index is 13.5. The molecule has 2 heterocycles. The average Bonchev–Trinajstić information content (AvgIpc) is 3.36. The lowest BCUT2D eigenvalue weighted by atomic mass is 9.86. The minimum Gasteiger partial charge on any atom is -0.328 e. The van der Waals surface area contributed by atoms with Crippen molar-refractivity contribution in [2.45, 2.75) is 69.2 Å². The fraction of sp³-hybridized carbons (Fsp3) is 0.524. The molecule has 1 aromatic carbocycles. The van der Waals surface area contributed by atoms with Gasteiger partial charge in [0.1, 0.15) is 5.82 Å². The molecule has 0 bridgehead atoms. The Labute approximate surface area is 175 Å². The molecule has 0 amide bonds. The van der Waals surface area contributed by atoms with Crippen molar-refractivity contribution in [2.24, 2.45) is 5.92 Å². The molecule has 1 saturated carbocycles. The van der Waals surface area contributed by atoms with Crippen molar-refractivity contribution >= 4 is 21.1 Å². The summed E-state index contributed by atoms with van der Waals surface area (Å²) in [5, 5.41) is 3.84. The molecule has 9 heteroatoms. The molecule has 0 radical (unpaired) electrons. The molecule has 162 valence electrons. The Morgan fingerprint density at radius 2 is 2.00 bits per heavy atom. The van der Waals surface area contributed by atoms with Gasteiger partial charge in [-0.2, -0.15) is 17.6 Å². The fourth-order valence-corrected chi connectivity index (χ4v) is 5.22. The van der Waals surface area contributed by atoms with Crippen molar-refractivity contribution in [3.8, 4) is 0 Å². The lowest BCUT2D eigenvalue weighted by Gasteiger charge is -2.29. The van der Waals surface area contributed by atoms with E-state index < -0.39 is 15.9 Å². The lowest BCUT2D eigenvalue weighted by molar-refractivity contribution is -0.0472. The number of benzene rings is 1. The Kier molecular flexibility index (Phi) is 5.65. The van der Waals surface area contributed by atoms with Gasteiger partial charge in [-0.1, -0.05) is 13.3 Å². The second kappa shape index (κ2) is 8.09. The molecule has 0 atom stereocenters. The van der Waals surface area contributed by atoms with E-state index in [1.165, 1.54) is 12.4 Å². The van der Waals surface area contributed by atoms with Crippen LogP contribution in [-0.2, 0) is 23.0 Å². The topological polar surface area (TPSA) is 69.8 Å². The second-order valence-corrected chi connectivity index (χ2v) is 9.87. The zero-order chi connectivity index (χ0) is 21.4. The van der Waals surface area contributed by atoms with Crippen molar-refractivity contribution in [3.63, 3.8) is 0 Å². The maximum atomic E-state index is 13.5. The number of hydrogen-bond donors (Lipinski definition) is 0. The van der Waals surface area contributed by atoms with Crippen LogP contribution in [0.2, 0.25) is 0 Å². The number of imidazole rings is 1. The van der Waals surface area contributed by atoms with Crippen LogP contribution in [0.4, 0.5) is 8.78 Å². The molecule has 0 unspecified atom stereocenters. The maximum Gasteiger partial charge on any atom is 0.283 e. The Morgan fingerprint density at radius 1 is 1.23 bits per heavy atom. The fourth-order valence-electron chi connectivity index (χ4n) is 4.10. The molecule has 4 rings (SSSR count). The highest BCUT2D eigenvalue weighted by Crippen LogP contribution is 2.37. The number of unbranched alkanes of at least 4 members (excludes halogenated alkanes) is 1. The Balaban J connectivity index is 1.68. The van der Waals surface area contributed by atoms with E-state index in [2.05, 4.69) is 16.6 Å². The minimum atomic E-state index is -3.77. The van der Waals surface area contributed by atoms with Gasteiger partial charge >= 0.3 is 0 Å². The van der Waals surface area contributed by atoms with Gasteiger partial charge in [-0.05, 0) is 49.4 Å². The van der Waals surface area contributed by atoms with Crippen LogP contribution in [-0.4, -0.2) is 33.1 Å². The highest BCUT2D eigenvalue weighted by Gasteiger charge is 2.35. The molecular formula is C21H26F2N4O2S. The van der Waals surface area contributed by atoms with Gasteiger partial charge in [0.05, 0.1) is 22.1 Å². The van der Waals surface area contributed by atoms with Crippen molar-refractivity contribution < 1.29 is 17.2 Å². The molecular weight excluding hydrogens is 410 g/mol. The summed E-state index contributed by atoms with van der Waals surface area (Å²) < 4.78 is 55.7. The van der Waals surface area contributed by atoms with E-state index >= 15 is 0 Å². The summed E-state index contributed by atoms with van der Waals surface area (Å²) in [6.45, 7) is 2.74. The number of nitrogens with zero attached hydrogens (tertiary/aromatic N) is 4. The van der Waals surface area contributed by atoms with Crippen LogP contribution < -0.4 is 0 Å². The van der Waals surface area contributed by atoms with E-state index in [1.54, 1.807) is 24.3 Å². The number of fused-ring (bicyclic) bond motifs is 1. The van der Waals surface area contributed by atoms with Crippen LogP contribution in [0.1, 0.15) is 51.3 Å². The molecule has 0 spiro atoms. The van der Waals surface area contributed by atoms with Gasteiger partial charge in [0.2, 0.25) is 5.92 Å². The molecule has 6 nitrogen and oxygen atoms in total. The second-order valence-electron chi connectivity index (χ2n) is 8.08. The highest BCUT2D eigenvalue weighted by atomic mass is 32.2. The summed E-state index contributed by atoms with van der Waals surface area (Å²) in [6, 6.07) is 6.47. The number of hydrogen-bond acceptors (Lipinski definition) is 4. The first-order valence-corrected chi connectivity index (χ1v) is 11.9. The van der Waals surface area contributed by atoms with Gasteiger partial charge in [-0.25, -0.2) is 13.8 Å². The summed E-state index contributed by atoms with van der Waals surface area (Å²) in [7, 11) is -3.77. The monoisotopic (exact) mass is 436 g/mol. The molecule has 1 aliphatic carbocycles. The molecule has 30 heavy (non-hydrogen) atoms. The Hall–Kier alpha value is -2.29. The number of halogens is 2. The normalized spacial score (nSPS) is 17.6. The first-order chi connectivity index (χ1) is 14.3. The van der Waals surface area contributed by atoms with Crippen molar-refractivity contribution in [1.82, 2.24) is 18.7 Å². The first-order valence-electron chi connectivity index (χ1n) is 10.4. The third-order valence-electron chi connectivity index (χ3n) is 5.85. The van der Waals surface area contributed by atoms with E-state index in [1.807, 2.05) is 0 Å². The van der Waals surface area contributed by atoms with Gasteiger partial charge in [-0.3, -0.25) is 0 Å². The quantitative estimate of drug-likeness (QED) is 0.541. The molecule has 0 aliphatic heterocycles. The van der Waals surface area contributed by atoms with E-state index in [9.17, 15) is 17.2 Å². The Bertz CT molecular complexity index is 1110. The van der Waals surface area contributed by atoms with Crippen molar-refractivity contribution in [2.75, 3.05) is 0 Å². The molecule has 0 saturated heterocycles. The van der Waals surface area contributed by atoms with Gasteiger partial charge in [0.15, 0.2) is 0 Å². The van der Waals surface area contributed by atoms with Gasteiger partial charge < -0.3 is 4.57 Å². The third-order valence-corrected chi connectivity index (χ3v) is 7.41. The third kappa shape index (κ3) is 4.12. The molecule has 0 N–H and O–H groups in total. The van der Waals surface area contributed by atoms with E-state index in [0.29, 0.717) is 24.9 Å². The summed E-state index contributed by atoms with van der Waals surface area (Å²) in [4.78, 5) is 4.85.